The number of rotatable bonds is 7. The Balaban J connectivity index is 2.04. The van der Waals surface area contributed by atoms with E-state index in [0.29, 0.717) is 18.0 Å². The van der Waals surface area contributed by atoms with Crippen molar-refractivity contribution in [2.24, 2.45) is 0 Å². The molecule has 23 heavy (non-hydrogen) atoms. The molecule has 0 fully saturated rings. The van der Waals surface area contributed by atoms with Crippen LogP contribution < -0.4 is 14.8 Å². The van der Waals surface area contributed by atoms with Crippen LogP contribution in [0.1, 0.15) is 35.8 Å². The van der Waals surface area contributed by atoms with Crippen LogP contribution in [0, 0.1) is 6.92 Å². The summed E-state index contributed by atoms with van der Waals surface area (Å²) in [6.45, 7) is 4.58. The Morgan fingerprint density at radius 2 is 1.74 bits per heavy atom. The van der Waals surface area contributed by atoms with E-state index in [4.69, 9.17) is 9.47 Å². The van der Waals surface area contributed by atoms with Gasteiger partial charge in [-0.1, -0.05) is 29.8 Å². The molecule has 0 spiro atoms. The molecule has 2 N–H and O–H groups in total. The van der Waals surface area contributed by atoms with Crippen LogP contribution in [0.5, 0.6) is 11.5 Å². The number of aryl methyl sites for hydroxylation is 1. The Kier molecular flexibility index (Phi) is 6.02. The Morgan fingerprint density at radius 3 is 2.35 bits per heavy atom. The molecule has 0 heterocycles. The third-order valence-electron chi connectivity index (χ3n) is 3.99. The van der Waals surface area contributed by atoms with Gasteiger partial charge >= 0.3 is 0 Å². The van der Waals surface area contributed by atoms with Gasteiger partial charge in [0.05, 0.1) is 20.3 Å². The second-order valence-electron chi connectivity index (χ2n) is 5.66. The first kappa shape index (κ1) is 17.3. The van der Waals surface area contributed by atoms with Crippen molar-refractivity contribution in [3.8, 4) is 11.5 Å². The van der Waals surface area contributed by atoms with Crippen LogP contribution in [0.25, 0.3) is 0 Å². The molecule has 2 unspecified atom stereocenters. The van der Waals surface area contributed by atoms with Crippen molar-refractivity contribution in [3.05, 3.63) is 59.2 Å². The molecule has 124 valence electrons. The number of ether oxygens (including phenoxy) is 2. The summed E-state index contributed by atoms with van der Waals surface area (Å²) in [5.41, 5.74) is 3.15. The minimum atomic E-state index is -0.673. The molecule has 0 saturated carbocycles. The Labute approximate surface area is 138 Å². The van der Waals surface area contributed by atoms with Gasteiger partial charge in [-0.05, 0) is 37.6 Å². The summed E-state index contributed by atoms with van der Waals surface area (Å²) >= 11 is 0. The first-order valence-corrected chi connectivity index (χ1v) is 7.75. The van der Waals surface area contributed by atoms with Gasteiger partial charge < -0.3 is 19.9 Å². The van der Waals surface area contributed by atoms with E-state index in [-0.39, 0.29) is 6.04 Å². The average molecular weight is 315 g/mol. The van der Waals surface area contributed by atoms with Crippen LogP contribution in [-0.2, 0) is 0 Å². The molecule has 0 aromatic heterocycles. The van der Waals surface area contributed by atoms with Crippen molar-refractivity contribution in [3.63, 3.8) is 0 Å². The van der Waals surface area contributed by atoms with Gasteiger partial charge in [-0.15, -0.1) is 0 Å². The summed E-state index contributed by atoms with van der Waals surface area (Å²) in [5.74, 6) is 1.36. The van der Waals surface area contributed by atoms with Gasteiger partial charge in [-0.25, -0.2) is 0 Å². The fourth-order valence-corrected chi connectivity index (χ4v) is 2.47. The molecule has 0 aliphatic heterocycles. The first-order chi connectivity index (χ1) is 11.0. The van der Waals surface area contributed by atoms with Gasteiger partial charge in [0.15, 0.2) is 0 Å². The lowest BCUT2D eigenvalue weighted by atomic mass is 10.0. The van der Waals surface area contributed by atoms with Gasteiger partial charge in [0.1, 0.15) is 11.5 Å². The zero-order chi connectivity index (χ0) is 16.8. The SMILES string of the molecule is COc1ccc(OC)c(C(O)CNC(C)c2ccc(C)cc2)c1. The topological polar surface area (TPSA) is 50.7 Å². The summed E-state index contributed by atoms with van der Waals surface area (Å²) in [5, 5.41) is 13.9. The highest BCUT2D eigenvalue weighted by Gasteiger charge is 2.16. The molecule has 2 atom stereocenters. The van der Waals surface area contributed by atoms with E-state index < -0.39 is 6.10 Å². The minimum Gasteiger partial charge on any atom is -0.497 e. The Hall–Kier alpha value is -2.04. The third kappa shape index (κ3) is 4.47. The number of hydrogen-bond donors (Lipinski definition) is 2. The maximum absolute atomic E-state index is 10.5. The monoisotopic (exact) mass is 315 g/mol. The molecule has 0 aliphatic rings. The van der Waals surface area contributed by atoms with Crippen LogP contribution in [0.15, 0.2) is 42.5 Å². The van der Waals surface area contributed by atoms with Crippen molar-refractivity contribution in [2.75, 3.05) is 20.8 Å². The van der Waals surface area contributed by atoms with E-state index in [1.165, 1.54) is 11.1 Å². The van der Waals surface area contributed by atoms with E-state index >= 15 is 0 Å². The van der Waals surface area contributed by atoms with E-state index in [0.717, 1.165) is 5.56 Å². The van der Waals surface area contributed by atoms with Crippen molar-refractivity contribution < 1.29 is 14.6 Å². The van der Waals surface area contributed by atoms with Gasteiger partial charge in [-0.3, -0.25) is 0 Å². The quantitative estimate of drug-likeness (QED) is 0.822. The summed E-state index contributed by atoms with van der Waals surface area (Å²) in [6, 6.07) is 14.0. The van der Waals surface area contributed by atoms with Crippen LogP contribution in [0.4, 0.5) is 0 Å². The number of benzene rings is 2. The van der Waals surface area contributed by atoms with Crippen LogP contribution in [-0.4, -0.2) is 25.9 Å². The number of aliphatic hydroxyl groups excluding tert-OH is 1. The molecule has 4 heteroatoms. The maximum Gasteiger partial charge on any atom is 0.124 e. The molecule has 0 saturated heterocycles. The molecule has 2 rings (SSSR count). The summed E-state index contributed by atoms with van der Waals surface area (Å²) in [7, 11) is 3.20. The van der Waals surface area contributed by atoms with Crippen molar-refractivity contribution in [2.45, 2.75) is 26.0 Å². The second-order valence-corrected chi connectivity index (χ2v) is 5.66. The zero-order valence-electron chi connectivity index (χ0n) is 14.2. The van der Waals surface area contributed by atoms with Gasteiger partial charge in [0, 0.05) is 18.2 Å². The van der Waals surface area contributed by atoms with E-state index in [1.54, 1.807) is 20.3 Å². The zero-order valence-corrected chi connectivity index (χ0v) is 14.2. The molecule has 2 aromatic rings. The average Bonchev–Trinajstić information content (AvgIpc) is 2.59. The Morgan fingerprint density at radius 1 is 1.04 bits per heavy atom. The fourth-order valence-electron chi connectivity index (χ4n) is 2.47. The highest BCUT2D eigenvalue weighted by molar-refractivity contribution is 5.41. The predicted octanol–water partition coefficient (Wildman–Crippen LogP) is 3.40. The molecule has 4 nitrogen and oxygen atoms in total. The highest BCUT2D eigenvalue weighted by atomic mass is 16.5. The summed E-state index contributed by atoms with van der Waals surface area (Å²) in [6.07, 6.45) is -0.673. The third-order valence-corrected chi connectivity index (χ3v) is 3.99. The molecular weight excluding hydrogens is 290 g/mol. The molecule has 2 aromatic carbocycles. The molecule has 0 amide bonds. The van der Waals surface area contributed by atoms with E-state index in [9.17, 15) is 5.11 Å². The Bertz CT molecular complexity index is 625. The molecule has 0 bridgehead atoms. The van der Waals surface area contributed by atoms with E-state index in [2.05, 4.69) is 43.4 Å². The van der Waals surface area contributed by atoms with Gasteiger partial charge in [-0.2, -0.15) is 0 Å². The summed E-state index contributed by atoms with van der Waals surface area (Å²) in [4.78, 5) is 0. The second kappa shape index (κ2) is 7.99. The number of methoxy groups -OCH3 is 2. The lowest BCUT2D eigenvalue weighted by Crippen LogP contribution is -2.25. The maximum atomic E-state index is 10.5. The van der Waals surface area contributed by atoms with Crippen molar-refractivity contribution in [1.82, 2.24) is 5.32 Å². The lowest BCUT2D eigenvalue weighted by molar-refractivity contribution is 0.166. The molecule has 0 aliphatic carbocycles. The first-order valence-electron chi connectivity index (χ1n) is 7.75. The van der Waals surface area contributed by atoms with Crippen LogP contribution in [0.2, 0.25) is 0 Å². The van der Waals surface area contributed by atoms with Crippen LogP contribution >= 0.6 is 0 Å². The van der Waals surface area contributed by atoms with Gasteiger partial charge in [0.2, 0.25) is 0 Å². The summed E-state index contributed by atoms with van der Waals surface area (Å²) < 4.78 is 10.6. The highest BCUT2D eigenvalue weighted by Crippen LogP contribution is 2.29. The smallest absolute Gasteiger partial charge is 0.124 e. The van der Waals surface area contributed by atoms with Crippen molar-refractivity contribution >= 4 is 0 Å². The number of aliphatic hydroxyl groups is 1. The normalized spacial score (nSPS) is 13.4. The predicted molar refractivity (Wildman–Crippen MR) is 92.1 cm³/mol. The largest absolute Gasteiger partial charge is 0.497 e. The fraction of sp³-hybridized carbons (Fsp3) is 0.368. The van der Waals surface area contributed by atoms with Gasteiger partial charge in [0.25, 0.3) is 0 Å². The van der Waals surface area contributed by atoms with Crippen molar-refractivity contribution in [1.29, 1.82) is 0 Å². The standard InChI is InChI=1S/C19H25NO3/c1-13-5-7-15(8-6-13)14(2)20-12-18(21)17-11-16(22-3)9-10-19(17)23-4/h5-11,14,18,20-21H,12H2,1-4H3. The number of hydrogen-bond acceptors (Lipinski definition) is 4. The molecular formula is C19H25NO3. The minimum absolute atomic E-state index is 0.154. The van der Waals surface area contributed by atoms with E-state index in [1.807, 2.05) is 12.1 Å². The lowest BCUT2D eigenvalue weighted by Gasteiger charge is -2.20. The molecule has 0 radical (unpaired) electrons. The van der Waals surface area contributed by atoms with Crippen LogP contribution in [0.3, 0.4) is 0 Å². The number of nitrogens with one attached hydrogen (secondary N) is 1.